The number of carbonyl (C=O) groups is 1. The van der Waals surface area contributed by atoms with Crippen LogP contribution in [0, 0.1) is 5.82 Å². The Balaban J connectivity index is 1.72. The molecule has 8 heteroatoms. The summed E-state index contributed by atoms with van der Waals surface area (Å²) in [6, 6.07) is 5.14. The Morgan fingerprint density at radius 3 is 2.68 bits per heavy atom. The molecular weight excluding hydrogens is 363 g/mol. The van der Waals surface area contributed by atoms with E-state index >= 15 is 0 Å². The van der Waals surface area contributed by atoms with Crippen LogP contribution in [0.25, 0.3) is 21.9 Å². The van der Waals surface area contributed by atoms with Crippen molar-refractivity contribution in [1.82, 2.24) is 14.9 Å². The maximum atomic E-state index is 14.7. The number of hydrogen-bond donors (Lipinski definition) is 2. The van der Waals surface area contributed by atoms with Gasteiger partial charge < -0.3 is 19.9 Å². The highest BCUT2D eigenvalue weighted by atomic mass is 19.1. The molecule has 2 fully saturated rings. The molecule has 3 aromatic rings. The Morgan fingerprint density at radius 2 is 2.04 bits per heavy atom. The molecule has 0 amide bonds. The summed E-state index contributed by atoms with van der Waals surface area (Å²) in [4.78, 5) is 30.7. The lowest BCUT2D eigenvalue weighted by Gasteiger charge is -2.41. The molecule has 5 rings (SSSR count). The lowest BCUT2D eigenvalue weighted by molar-refractivity contribution is 0.0695. The Kier molecular flexibility index (Phi) is 3.67. The van der Waals surface area contributed by atoms with E-state index in [9.17, 15) is 19.1 Å². The van der Waals surface area contributed by atoms with Gasteiger partial charge >= 0.3 is 5.97 Å². The van der Waals surface area contributed by atoms with Crippen molar-refractivity contribution in [2.75, 3.05) is 25.0 Å². The van der Waals surface area contributed by atoms with Crippen molar-refractivity contribution in [2.24, 2.45) is 0 Å². The van der Waals surface area contributed by atoms with Crippen LogP contribution >= 0.6 is 0 Å². The minimum Gasteiger partial charge on any atom is -0.477 e. The van der Waals surface area contributed by atoms with Gasteiger partial charge in [-0.25, -0.2) is 14.2 Å². The summed E-state index contributed by atoms with van der Waals surface area (Å²) in [7, 11) is 1.88. The normalized spacial score (nSPS) is 17.3. The van der Waals surface area contributed by atoms with Crippen LogP contribution < -0.4 is 15.6 Å². The maximum Gasteiger partial charge on any atom is 0.341 e. The molecule has 1 saturated heterocycles. The van der Waals surface area contributed by atoms with Gasteiger partial charge in [0.1, 0.15) is 17.0 Å². The first-order chi connectivity index (χ1) is 13.5. The van der Waals surface area contributed by atoms with Gasteiger partial charge in [0.05, 0.1) is 16.6 Å². The Bertz CT molecular complexity index is 1200. The highest BCUT2D eigenvalue weighted by Crippen LogP contribution is 2.37. The van der Waals surface area contributed by atoms with Crippen molar-refractivity contribution in [3.8, 4) is 0 Å². The highest BCUT2D eigenvalue weighted by Gasteiger charge is 2.29. The van der Waals surface area contributed by atoms with Crippen molar-refractivity contribution in [1.29, 1.82) is 0 Å². The molecule has 1 aromatic carbocycles. The number of likely N-dealkylation sites (N-methyl/N-ethyl adjacent to an activating group) is 1. The zero-order valence-electron chi connectivity index (χ0n) is 15.3. The van der Waals surface area contributed by atoms with Crippen LogP contribution in [-0.2, 0) is 0 Å². The molecule has 0 bridgehead atoms. The first-order valence-corrected chi connectivity index (χ1v) is 9.31. The molecule has 1 aliphatic heterocycles. The van der Waals surface area contributed by atoms with E-state index in [0.29, 0.717) is 28.3 Å². The molecule has 0 unspecified atom stereocenters. The Hall–Kier alpha value is -3.00. The fourth-order valence-electron chi connectivity index (χ4n) is 3.82. The minimum atomic E-state index is -1.26. The molecular formula is C20H19FN4O3. The standard InChI is InChI=1S/C20H19FN4O3/c1-22-11-7-24(8-11)17-6-16-10(5-15(17)21)4-13-18(26)14(20(27)28)9-25(12-2-3-12)19(13)23-16/h4-6,9,11-12,22H,2-3,7-8H2,1H3,(H,27,28). The van der Waals surface area contributed by atoms with Crippen molar-refractivity contribution in [3.63, 3.8) is 0 Å². The number of halogens is 1. The van der Waals surface area contributed by atoms with Crippen LogP contribution in [-0.4, -0.2) is 46.8 Å². The summed E-state index contributed by atoms with van der Waals surface area (Å²) < 4.78 is 16.5. The van der Waals surface area contributed by atoms with Crippen LogP contribution in [0.4, 0.5) is 10.1 Å². The molecule has 28 heavy (non-hydrogen) atoms. The summed E-state index contributed by atoms with van der Waals surface area (Å²) in [6.45, 7) is 1.45. The van der Waals surface area contributed by atoms with Gasteiger partial charge in [0.25, 0.3) is 0 Å². The average molecular weight is 382 g/mol. The van der Waals surface area contributed by atoms with Crippen molar-refractivity contribution in [2.45, 2.75) is 24.9 Å². The molecule has 144 valence electrons. The van der Waals surface area contributed by atoms with Gasteiger partial charge in [-0.2, -0.15) is 0 Å². The van der Waals surface area contributed by atoms with E-state index in [1.54, 1.807) is 16.7 Å². The first-order valence-electron chi connectivity index (χ1n) is 9.31. The molecule has 3 heterocycles. The van der Waals surface area contributed by atoms with Crippen LogP contribution in [0.15, 0.2) is 29.2 Å². The lowest BCUT2D eigenvalue weighted by atomic mass is 10.1. The number of anilines is 1. The molecule has 7 nitrogen and oxygen atoms in total. The van der Waals surface area contributed by atoms with Gasteiger partial charge in [-0.05, 0) is 38.1 Å². The van der Waals surface area contributed by atoms with E-state index in [4.69, 9.17) is 0 Å². The monoisotopic (exact) mass is 382 g/mol. The highest BCUT2D eigenvalue weighted by molar-refractivity contribution is 5.97. The summed E-state index contributed by atoms with van der Waals surface area (Å²) in [5.74, 6) is -1.64. The average Bonchev–Trinajstić information content (AvgIpc) is 3.45. The van der Waals surface area contributed by atoms with Gasteiger partial charge in [0.2, 0.25) is 5.43 Å². The van der Waals surface area contributed by atoms with E-state index in [1.807, 2.05) is 11.9 Å². The van der Waals surface area contributed by atoms with Crippen LogP contribution in [0.3, 0.4) is 0 Å². The molecule has 2 N–H and O–H groups in total. The lowest BCUT2D eigenvalue weighted by Crippen LogP contribution is -2.57. The summed E-state index contributed by atoms with van der Waals surface area (Å²) in [5.41, 5.74) is 0.676. The van der Waals surface area contributed by atoms with Crippen LogP contribution in [0.5, 0.6) is 0 Å². The molecule has 0 spiro atoms. The van der Waals surface area contributed by atoms with E-state index in [0.717, 1.165) is 25.9 Å². The number of fused-ring (bicyclic) bond motifs is 2. The number of rotatable bonds is 4. The number of carboxylic acids is 1. The van der Waals surface area contributed by atoms with Gasteiger partial charge in [0.15, 0.2) is 0 Å². The second-order valence-electron chi connectivity index (χ2n) is 7.56. The molecule has 2 aromatic heterocycles. The minimum absolute atomic E-state index is 0.151. The first kappa shape index (κ1) is 17.1. The third-order valence-electron chi connectivity index (χ3n) is 5.67. The summed E-state index contributed by atoms with van der Waals surface area (Å²) >= 11 is 0. The van der Waals surface area contributed by atoms with Crippen LogP contribution in [0.1, 0.15) is 29.2 Å². The number of hydrogen-bond acceptors (Lipinski definition) is 5. The van der Waals surface area contributed by atoms with Crippen molar-refractivity contribution in [3.05, 3.63) is 46.0 Å². The number of pyridine rings is 2. The molecule has 1 saturated carbocycles. The quantitative estimate of drug-likeness (QED) is 0.672. The molecule has 1 aliphatic carbocycles. The second kappa shape index (κ2) is 6.00. The zero-order valence-corrected chi connectivity index (χ0v) is 15.3. The number of nitrogens with zero attached hydrogens (tertiary/aromatic N) is 3. The van der Waals surface area contributed by atoms with Crippen molar-refractivity contribution >= 4 is 33.6 Å². The van der Waals surface area contributed by atoms with Gasteiger partial charge in [-0.15, -0.1) is 0 Å². The SMILES string of the molecule is CNC1CN(c2cc3nc4c(cc3cc2F)c(=O)c(C(=O)O)cn4C2CC2)C1. The molecule has 0 radical (unpaired) electrons. The predicted molar refractivity (Wildman–Crippen MR) is 104 cm³/mol. The van der Waals surface area contributed by atoms with E-state index in [1.165, 1.54) is 12.3 Å². The zero-order chi connectivity index (χ0) is 19.6. The van der Waals surface area contributed by atoms with Gasteiger partial charge in [0, 0.05) is 36.8 Å². The number of aromatic nitrogens is 2. The Labute approximate surface area is 159 Å². The third kappa shape index (κ3) is 2.56. The summed E-state index contributed by atoms with van der Waals surface area (Å²) in [6.07, 6.45) is 3.23. The molecule has 0 atom stereocenters. The smallest absolute Gasteiger partial charge is 0.341 e. The second-order valence-corrected chi connectivity index (χ2v) is 7.56. The van der Waals surface area contributed by atoms with Crippen LogP contribution in [0.2, 0.25) is 0 Å². The molecule has 2 aliphatic rings. The van der Waals surface area contributed by atoms with E-state index in [2.05, 4.69) is 10.3 Å². The van der Waals surface area contributed by atoms with Crippen molar-refractivity contribution < 1.29 is 14.3 Å². The predicted octanol–water partition coefficient (Wildman–Crippen LogP) is 2.13. The number of aromatic carboxylic acids is 1. The maximum absolute atomic E-state index is 14.7. The number of carboxylic acid groups (broad SMARTS) is 1. The Morgan fingerprint density at radius 1 is 1.29 bits per heavy atom. The van der Waals surface area contributed by atoms with E-state index in [-0.39, 0.29) is 22.8 Å². The number of nitrogens with one attached hydrogen (secondary N) is 1. The van der Waals surface area contributed by atoms with Gasteiger partial charge in [-0.3, -0.25) is 4.79 Å². The third-order valence-corrected chi connectivity index (χ3v) is 5.67. The topological polar surface area (TPSA) is 87.5 Å². The van der Waals surface area contributed by atoms with Gasteiger partial charge in [-0.1, -0.05) is 0 Å². The summed E-state index contributed by atoms with van der Waals surface area (Å²) in [5, 5.41) is 13.2. The largest absolute Gasteiger partial charge is 0.477 e. The fourth-order valence-corrected chi connectivity index (χ4v) is 3.82. The van der Waals surface area contributed by atoms with E-state index < -0.39 is 11.4 Å². The fraction of sp³-hybridized carbons (Fsp3) is 0.350. The number of benzene rings is 1.